The molecule has 0 bridgehead atoms. The normalized spacial score (nSPS) is 22.6. The summed E-state index contributed by atoms with van der Waals surface area (Å²) < 4.78 is 27.7. The molecule has 1 heterocycles. The molecule has 2 rings (SSSR count). The van der Waals surface area contributed by atoms with Crippen LogP contribution in [0.25, 0.3) is 0 Å². The molecule has 134 valence electrons. The van der Waals surface area contributed by atoms with Gasteiger partial charge < -0.3 is 15.3 Å². The molecule has 0 aliphatic carbocycles. The predicted molar refractivity (Wildman–Crippen MR) is 88.7 cm³/mol. The SMILES string of the molecule is CC(C)(C)N[C@@H]1CC[C@@H](c2cccc(F)c2F)CN(CCO)C1=O. The maximum absolute atomic E-state index is 14.2. The summed E-state index contributed by atoms with van der Waals surface area (Å²) in [4.78, 5) is 14.3. The second kappa shape index (κ2) is 7.57. The van der Waals surface area contributed by atoms with Gasteiger partial charge >= 0.3 is 0 Å². The fraction of sp³-hybridized carbons (Fsp3) is 0.611. The van der Waals surface area contributed by atoms with Gasteiger partial charge in [-0.2, -0.15) is 0 Å². The molecule has 24 heavy (non-hydrogen) atoms. The number of carbonyl (C=O) groups excluding carboxylic acids is 1. The Hall–Kier alpha value is -1.53. The number of likely N-dealkylation sites (tertiary alicyclic amines) is 1. The topological polar surface area (TPSA) is 52.6 Å². The Labute approximate surface area is 141 Å². The first-order valence-corrected chi connectivity index (χ1v) is 8.34. The van der Waals surface area contributed by atoms with Crippen LogP contribution >= 0.6 is 0 Å². The van der Waals surface area contributed by atoms with E-state index in [9.17, 15) is 18.7 Å². The fourth-order valence-electron chi connectivity index (χ4n) is 3.23. The van der Waals surface area contributed by atoms with E-state index in [0.29, 0.717) is 18.4 Å². The molecule has 0 aromatic heterocycles. The van der Waals surface area contributed by atoms with Crippen LogP contribution in [0.1, 0.15) is 45.1 Å². The maximum Gasteiger partial charge on any atom is 0.239 e. The van der Waals surface area contributed by atoms with Crippen LogP contribution in [0.4, 0.5) is 8.78 Å². The molecular weight excluding hydrogens is 314 g/mol. The average molecular weight is 340 g/mol. The van der Waals surface area contributed by atoms with E-state index in [2.05, 4.69) is 5.32 Å². The van der Waals surface area contributed by atoms with E-state index in [1.54, 1.807) is 11.0 Å². The first-order valence-electron chi connectivity index (χ1n) is 8.34. The minimum absolute atomic E-state index is 0.0988. The molecule has 0 radical (unpaired) electrons. The van der Waals surface area contributed by atoms with Crippen molar-refractivity contribution in [2.24, 2.45) is 0 Å². The van der Waals surface area contributed by atoms with Crippen LogP contribution in [0.15, 0.2) is 18.2 Å². The minimum atomic E-state index is -0.874. The molecule has 1 aliphatic heterocycles. The molecule has 1 aliphatic rings. The third-order valence-corrected chi connectivity index (χ3v) is 4.25. The van der Waals surface area contributed by atoms with E-state index >= 15 is 0 Å². The Morgan fingerprint density at radius 1 is 1.29 bits per heavy atom. The highest BCUT2D eigenvalue weighted by atomic mass is 19.2. The summed E-state index contributed by atoms with van der Waals surface area (Å²) in [7, 11) is 0. The molecule has 4 nitrogen and oxygen atoms in total. The standard InChI is InChI=1S/C18H26F2N2O2/c1-18(2,3)21-15-8-7-12(11-22(9-10-23)17(15)24)13-5-4-6-14(19)16(13)20/h4-6,12,15,21,23H,7-11H2,1-3H3/t12-,15-/m1/s1. The van der Waals surface area contributed by atoms with Gasteiger partial charge in [-0.25, -0.2) is 8.78 Å². The monoisotopic (exact) mass is 340 g/mol. The van der Waals surface area contributed by atoms with Gasteiger partial charge in [0, 0.05) is 24.5 Å². The Balaban J connectivity index is 2.27. The lowest BCUT2D eigenvalue weighted by Crippen LogP contribution is -2.52. The number of nitrogens with zero attached hydrogens (tertiary/aromatic N) is 1. The molecule has 0 unspecified atom stereocenters. The van der Waals surface area contributed by atoms with Gasteiger partial charge in [0.1, 0.15) is 0 Å². The first-order chi connectivity index (χ1) is 11.2. The molecule has 1 fully saturated rings. The number of benzene rings is 1. The van der Waals surface area contributed by atoms with Crippen molar-refractivity contribution in [3.63, 3.8) is 0 Å². The number of rotatable bonds is 4. The Morgan fingerprint density at radius 2 is 2.00 bits per heavy atom. The smallest absolute Gasteiger partial charge is 0.239 e. The molecule has 6 heteroatoms. The van der Waals surface area contributed by atoms with Gasteiger partial charge in [-0.05, 0) is 45.2 Å². The summed E-state index contributed by atoms with van der Waals surface area (Å²) in [5.41, 5.74) is 0.0527. The molecule has 1 aromatic carbocycles. The van der Waals surface area contributed by atoms with Crippen LogP contribution in [0.5, 0.6) is 0 Å². The van der Waals surface area contributed by atoms with Crippen molar-refractivity contribution in [3.05, 3.63) is 35.4 Å². The lowest BCUT2D eigenvalue weighted by atomic mass is 9.92. The molecule has 2 N–H and O–H groups in total. The zero-order chi connectivity index (χ0) is 17.9. The highest BCUT2D eigenvalue weighted by molar-refractivity contribution is 5.82. The molecule has 2 atom stereocenters. The van der Waals surface area contributed by atoms with Gasteiger partial charge in [0.2, 0.25) is 5.91 Å². The number of aliphatic hydroxyl groups is 1. The van der Waals surface area contributed by atoms with Crippen molar-refractivity contribution in [1.29, 1.82) is 0 Å². The van der Waals surface area contributed by atoms with Crippen molar-refractivity contribution in [3.8, 4) is 0 Å². The van der Waals surface area contributed by atoms with Gasteiger partial charge in [0.05, 0.1) is 12.6 Å². The maximum atomic E-state index is 14.2. The molecule has 1 saturated heterocycles. The van der Waals surface area contributed by atoms with Gasteiger partial charge in [-0.1, -0.05) is 12.1 Å². The van der Waals surface area contributed by atoms with E-state index in [-0.39, 0.29) is 37.1 Å². The third-order valence-electron chi connectivity index (χ3n) is 4.25. The molecule has 0 spiro atoms. The number of β-amino-alcohol motifs (C(OH)–C–C–N with tert-alkyl or cyclic N) is 1. The molecule has 1 aromatic rings. The van der Waals surface area contributed by atoms with E-state index in [1.807, 2.05) is 20.8 Å². The van der Waals surface area contributed by atoms with Gasteiger partial charge in [-0.15, -0.1) is 0 Å². The zero-order valence-electron chi connectivity index (χ0n) is 14.5. The first kappa shape index (κ1) is 18.8. The number of hydrogen-bond donors (Lipinski definition) is 2. The van der Waals surface area contributed by atoms with Crippen LogP contribution < -0.4 is 5.32 Å². The van der Waals surface area contributed by atoms with Gasteiger partial charge in [0.25, 0.3) is 0 Å². The second-order valence-corrected chi connectivity index (χ2v) is 7.37. The van der Waals surface area contributed by atoms with Crippen LogP contribution in [-0.2, 0) is 4.79 Å². The number of nitrogens with one attached hydrogen (secondary N) is 1. The lowest BCUT2D eigenvalue weighted by molar-refractivity contribution is -0.134. The number of aliphatic hydroxyl groups excluding tert-OH is 1. The number of amides is 1. The Bertz CT molecular complexity index is 587. The Morgan fingerprint density at radius 3 is 2.62 bits per heavy atom. The summed E-state index contributed by atoms with van der Waals surface area (Å²) in [5, 5.41) is 12.5. The highest BCUT2D eigenvalue weighted by Gasteiger charge is 2.34. The van der Waals surface area contributed by atoms with Crippen LogP contribution in [0.2, 0.25) is 0 Å². The summed E-state index contributed by atoms with van der Waals surface area (Å²) >= 11 is 0. The van der Waals surface area contributed by atoms with Crippen LogP contribution in [-0.4, -0.2) is 47.2 Å². The number of hydrogen-bond acceptors (Lipinski definition) is 3. The van der Waals surface area contributed by atoms with Crippen molar-refractivity contribution < 1.29 is 18.7 Å². The third kappa shape index (κ3) is 4.51. The summed E-state index contributed by atoms with van der Waals surface area (Å²) in [6.07, 6.45) is 1.11. The van der Waals surface area contributed by atoms with Crippen molar-refractivity contribution in [2.75, 3.05) is 19.7 Å². The van der Waals surface area contributed by atoms with E-state index < -0.39 is 17.7 Å². The van der Waals surface area contributed by atoms with Gasteiger partial charge in [-0.3, -0.25) is 4.79 Å². The average Bonchev–Trinajstić information content (AvgIpc) is 2.63. The highest BCUT2D eigenvalue weighted by Crippen LogP contribution is 2.30. The fourth-order valence-corrected chi connectivity index (χ4v) is 3.23. The molecular formula is C18H26F2N2O2. The molecule has 1 amide bonds. The van der Waals surface area contributed by atoms with Crippen molar-refractivity contribution in [1.82, 2.24) is 10.2 Å². The summed E-state index contributed by atoms with van der Waals surface area (Å²) in [6, 6.07) is 3.76. The van der Waals surface area contributed by atoms with Crippen LogP contribution in [0, 0.1) is 11.6 Å². The largest absolute Gasteiger partial charge is 0.395 e. The summed E-state index contributed by atoms with van der Waals surface area (Å²) in [6.45, 7) is 6.24. The lowest BCUT2D eigenvalue weighted by Gasteiger charge is -2.30. The number of halogens is 2. The summed E-state index contributed by atoms with van der Waals surface area (Å²) in [5.74, 6) is -2.11. The van der Waals surface area contributed by atoms with Crippen LogP contribution in [0.3, 0.4) is 0 Å². The second-order valence-electron chi connectivity index (χ2n) is 7.37. The van der Waals surface area contributed by atoms with Crippen molar-refractivity contribution >= 4 is 5.91 Å². The predicted octanol–water partition coefficient (Wildman–Crippen LogP) is 2.42. The van der Waals surface area contributed by atoms with E-state index in [0.717, 1.165) is 6.07 Å². The van der Waals surface area contributed by atoms with Gasteiger partial charge in [0.15, 0.2) is 11.6 Å². The van der Waals surface area contributed by atoms with E-state index in [4.69, 9.17) is 0 Å². The quantitative estimate of drug-likeness (QED) is 0.885. The number of carbonyl (C=O) groups is 1. The molecule has 0 saturated carbocycles. The van der Waals surface area contributed by atoms with Crippen molar-refractivity contribution in [2.45, 2.75) is 51.1 Å². The minimum Gasteiger partial charge on any atom is -0.395 e. The van der Waals surface area contributed by atoms with E-state index in [1.165, 1.54) is 6.07 Å². The zero-order valence-corrected chi connectivity index (χ0v) is 14.5. The Kier molecular flexibility index (Phi) is 5.93.